The van der Waals surface area contributed by atoms with E-state index in [4.69, 9.17) is 4.74 Å². The highest BCUT2D eigenvalue weighted by molar-refractivity contribution is 7.89. The number of nitrogens with one attached hydrogen (secondary N) is 2. The normalized spacial score (nSPS) is 12.8. The smallest absolute Gasteiger partial charge is 0.239 e. The number of carbonyl (C=O) groups is 1. The first-order valence-corrected chi connectivity index (χ1v) is 8.80. The van der Waals surface area contributed by atoms with Crippen molar-refractivity contribution in [3.8, 4) is 5.69 Å². The molecular weight excluding hydrogens is 334 g/mol. The maximum absolute atomic E-state index is 11.8. The molecule has 0 saturated carbocycles. The minimum atomic E-state index is -3.57. The van der Waals surface area contributed by atoms with E-state index in [0.29, 0.717) is 5.69 Å². The molecule has 1 aromatic heterocycles. The number of carbonyl (C=O) groups excluding carboxylic acids is 1. The van der Waals surface area contributed by atoms with Crippen LogP contribution in [0.4, 0.5) is 5.69 Å². The number of sulfonamides is 1. The summed E-state index contributed by atoms with van der Waals surface area (Å²) in [6.45, 7) is 1.29. The zero-order valence-corrected chi connectivity index (χ0v) is 14.2. The van der Waals surface area contributed by atoms with Crippen LogP contribution in [0.3, 0.4) is 0 Å². The quantitative estimate of drug-likeness (QED) is 0.698. The molecule has 1 atom stereocenters. The third-order valence-corrected chi connectivity index (χ3v) is 4.64. The summed E-state index contributed by atoms with van der Waals surface area (Å²) >= 11 is 0. The van der Waals surface area contributed by atoms with E-state index < -0.39 is 22.0 Å². The Kier molecular flexibility index (Phi) is 6.01. The van der Waals surface area contributed by atoms with Gasteiger partial charge in [0.25, 0.3) is 0 Å². The summed E-state index contributed by atoms with van der Waals surface area (Å²) in [6.07, 6.45) is 2.53. The zero-order chi connectivity index (χ0) is 17.6. The molecule has 0 bridgehead atoms. The number of rotatable bonds is 8. The fourth-order valence-electron chi connectivity index (χ4n) is 1.86. The second kappa shape index (κ2) is 7.99. The summed E-state index contributed by atoms with van der Waals surface area (Å²) in [7, 11) is -2.14. The van der Waals surface area contributed by atoms with Crippen molar-refractivity contribution in [1.82, 2.24) is 19.5 Å². The van der Waals surface area contributed by atoms with Crippen molar-refractivity contribution < 1.29 is 17.9 Å². The summed E-state index contributed by atoms with van der Waals surface area (Å²) < 4.78 is 32.2. The maximum Gasteiger partial charge on any atom is 0.239 e. The van der Waals surface area contributed by atoms with Crippen molar-refractivity contribution in [2.45, 2.75) is 13.0 Å². The molecule has 24 heavy (non-hydrogen) atoms. The van der Waals surface area contributed by atoms with E-state index >= 15 is 0 Å². The molecule has 2 rings (SSSR count). The SMILES string of the molecule is COC(C)CS(=O)(=O)NCC(=O)Nc1ccc(-n2cncn2)cc1. The number of nitrogens with zero attached hydrogens (tertiary/aromatic N) is 3. The van der Waals surface area contributed by atoms with E-state index in [2.05, 4.69) is 20.1 Å². The van der Waals surface area contributed by atoms with Gasteiger partial charge >= 0.3 is 0 Å². The first-order valence-electron chi connectivity index (χ1n) is 7.14. The Morgan fingerprint density at radius 1 is 1.33 bits per heavy atom. The predicted molar refractivity (Wildman–Crippen MR) is 88.2 cm³/mol. The average molecular weight is 353 g/mol. The highest BCUT2D eigenvalue weighted by Gasteiger charge is 2.16. The van der Waals surface area contributed by atoms with Crippen molar-refractivity contribution in [2.24, 2.45) is 0 Å². The number of ether oxygens (including phenoxy) is 1. The molecule has 2 N–H and O–H groups in total. The van der Waals surface area contributed by atoms with Gasteiger partial charge in [-0.15, -0.1) is 0 Å². The Labute approximate surface area is 140 Å². The maximum atomic E-state index is 11.8. The van der Waals surface area contributed by atoms with Gasteiger partial charge in [0.05, 0.1) is 24.1 Å². The highest BCUT2D eigenvalue weighted by atomic mass is 32.2. The Balaban J connectivity index is 1.86. The lowest BCUT2D eigenvalue weighted by Gasteiger charge is -2.11. The number of amides is 1. The van der Waals surface area contributed by atoms with E-state index in [1.165, 1.54) is 13.4 Å². The van der Waals surface area contributed by atoms with E-state index in [9.17, 15) is 13.2 Å². The standard InChI is InChI=1S/C14H19N5O4S/c1-11(23-2)8-24(21,22)17-7-14(20)18-12-3-5-13(6-4-12)19-10-15-9-16-19/h3-6,9-11,17H,7-8H2,1-2H3,(H,18,20). The largest absolute Gasteiger partial charge is 0.381 e. The summed E-state index contributed by atoms with van der Waals surface area (Å²) in [5, 5.41) is 6.61. The Morgan fingerprint density at radius 3 is 2.62 bits per heavy atom. The van der Waals surface area contributed by atoms with Crippen LogP contribution >= 0.6 is 0 Å². The lowest BCUT2D eigenvalue weighted by Crippen LogP contribution is -2.37. The van der Waals surface area contributed by atoms with E-state index in [1.807, 2.05) is 0 Å². The lowest BCUT2D eigenvalue weighted by atomic mass is 10.3. The monoisotopic (exact) mass is 353 g/mol. The Hall–Kier alpha value is -2.30. The van der Waals surface area contributed by atoms with Gasteiger partial charge in [0.1, 0.15) is 12.7 Å². The second-order valence-corrected chi connectivity index (χ2v) is 6.94. The van der Waals surface area contributed by atoms with Crippen LogP contribution < -0.4 is 10.0 Å². The predicted octanol–water partition coefficient (Wildman–Crippen LogP) is 0.160. The van der Waals surface area contributed by atoms with E-state index in [0.717, 1.165) is 5.69 Å². The van der Waals surface area contributed by atoms with Crippen LogP contribution in [-0.4, -0.2) is 54.6 Å². The second-order valence-electron chi connectivity index (χ2n) is 5.08. The highest BCUT2D eigenvalue weighted by Crippen LogP contribution is 2.11. The van der Waals surface area contributed by atoms with Gasteiger partial charge in [-0.1, -0.05) is 0 Å². The lowest BCUT2D eigenvalue weighted by molar-refractivity contribution is -0.115. The van der Waals surface area contributed by atoms with Crippen molar-refractivity contribution in [1.29, 1.82) is 0 Å². The molecule has 0 radical (unpaired) electrons. The number of aromatic nitrogens is 3. The number of methoxy groups -OCH3 is 1. The van der Waals surface area contributed by atoms with Gasteiger partial charge in [-0.25, -0.2) is 22.8 Å². The van der Waals surface area contributed by atoms with Crippen LogP contribution in [0.15, 0.2) is 36.9 Å². The third kappa shape index (κ3) is 5.41. The van der Waals surface area contributed by atoms with Gasteiger partial charge in [-0.05, 0) is 31.2 Å². The Morgan fingerprint density at radius 2 is 2.04 bits per heavy atom. The average Bonchev–Trinajstić information content (AvgIpc) is 3.08. The van der Waals surface area contributed by atoms with Crippen molar-refractivity contribution in [3.05, 3.63) is 36.9 Å². The number of hydrogen-bond acceptors (Lipinski definition) is 6. The molecule has 0 aliphatic carbocycles. The van der Waals surface area contributed by atoms with Crippen LogP contribution in [0.25, 0.3) is 5.69 Å². The summed E-state index contributed by atoms with van der Waals surface area (Å²) in [5.74, 6) is -0.666. The van der Waals surface area contributed by atoms with Crippen molar-refractivity contribution >= 4 is 21.6 Å². The molecule has 9 nitrogen and oxygen atoms in total. The summed E-state index contributed by atoms with van der Waals surface area (Å²) in [5.41, 5.74) is 1.34. The molecule has 0 fully saturated rings. The topological polar surface area (TPSA) is 115 Å². The molecule has 0 aliphatic heterocycles. The zero-order valence-electron chi connectivity index (χ0n) is 13.3. The molecule has 1 unspecified atom stereocenters. The van der Waals surface area contributed by atoms with Crippen LogP contribution in [0.1, 0.15) is 6.92 Å². The van der Waals surface area contributed by atoms with Crippen LogP contribution in [0.2, 0.25) is 0 Å². The summed E-state index contributed by atoms with van der Waals surface area (Å²) in [6, 6.07) is 6.90. The molecule has 0 spiro atoms. The van der Waals surface area contributed by atoms with Gasteiger partial charge < -0.3 is 10.1 Å². The minimum absolute atomic E-state index is 0.205. The molecule has 0 saturated heterocycles. The van der Waals surface area contributed by atoms with Gasteiger partial charge in [0.2, 0.25) is 15.9 Å². The molecule has 1 heterocycles. The van der Waals surface area contributed by atoms with Crippen LogP contribution in [-0.2, 0) is 19.6 Å². The molecule has 10 heteroatoms. The fraction of sp³-hybridized carbons (Fsp3) is 0.357. The molecular formula is C14H19N5O4S. The number of hydrogen-bond donors (Lipinski definition) is 2. The van der Waals surface area contributed by atoms with Crippen molar-refractivity contribution in [2.75, 3.05) is 24.7 Å². The summed E-state index contributed by atoms with van der Waals surface area (Å²) in [4.78, 5) is 15.7. The number of anilines is 1. The van der Waals surface area contributed by atoms with Crippen LogP contribution in [0, 0.1) is 0 Å². The molecule has 2 aromatic rings. The van der Waals surface area contributed by atoms with E-state index in [1.54, 1.807) is 42.2 Å². The Bertz CT molecular complexity index is 759. The molecule has 1 aromatic carbocycles. The van der Waals surface area contributed by atoms with Gasteiger partial charge in [0, 0.05) is 12.8 Å². The first-order chi connectivity index (χ1) is 11.4. The number of benzene rings is 1. The molecule has 130 valence electrons. The molecule has 1 amide bonds. The molecule has 0 aliphatic rings. The van der Waals surface area contributed by atoms with Crippen molar-refractivity contribution in [3.63, 3.8) is 0 Å². The minimum Gasteiger partial charge on any atom is -0.381 e. The van der Waals surface area contributed by atoms with Gasteiger partial charge in [-0.2, -0.15) is 5.10 Å². The third-order valence-electron chi connectivity index (χ3n) is 3.14. The van der Waals surface area contributed by atoms with Gasteiger partial charge in [0.15, 0.2) is 0 Å². The fourth-order valence-corrected chi connectivity index (χ4v) is 3.08. The first kappa shape index (κ1) is 18.0. The van der Waals surface area contributed by atoms with Gasteiger partial charge in [-0.3, -0.25) is 4.79 Å². The van der Waals surface area contributed by atoms with E-state index in [-0.39, 0.29) is 12.3 Å². The van der Waals surface area contributed by atoms with Crippen LogP contribution in [0.5, 0.6) is 0 Å².